The number of ether oxygens (including phenoxy) is 2. The lowest BCUT2D eigenvalue weighted by Crippen LogP contribution is -2.18. The normalized spacial score (nSPS) is 10.5. The second-order valence-electron chi connectivity index (χ2n) is 5.72. The van der Waals surface area contributed by atoms with Crippen molar-refractivity contribution in [3.05, 3.63) is 59.2 Å². The van der Waals surface area contributed by atoms with E-state index in [1.54, 1.807) is 0 Å². The zero-order chi connectivity index (χ0) is 17.4. The molecule has 0 amide bonds. The summed E-state index contributed by atoms with van der Waals surface area (Å²) in [6, 6.07) is 14.0. The van der Waals surface area contributed by atoms with Crippen molar-refractivity contribution in [2.24, 2.45) is 0 Å². The Kier molecular flexibility index (Phi) is 6.82. The summed E-state index contributed by atoms with van der Waals surface area (Å²) < 4.78 is 10.8. The van der Waals surface area contributed by atoms with E-state index < -0.39 is 0 Å². The predicted molar refractivity (Wildman–Crippen MR) is 95.4 cm³/mol. The van der Waals surface area contributed by atoms with E-state index in [-0.39, 0.29) is 5.97 Å². The van der Waals surface area contributed by atoms with E-state index in [1.165, 1.54) is 11.1 Å². The quantitative estimate of drug-likeness (QED) is 0.585. The zero-order valence-electron chi connectivity index (χ0n) is 14.6. The van der Waals surface area contributed by atoms with Crippen molar-refractivity contribution >= 4 is 5.97 Å². The first-order valence-corrected chi connectivity index (χ1v) is 8.29. The molecule has 0 atom stereocenters. The van der Waals surface area contributed by atoms with E-state index >= 15 is 0 Å². The molecule has 0 unspecified atom stereocenters. The van der Waals surface area contributed by atoms with Crippen LogP contribution >= 0.6 is 0 Å². The Morgan fingerprint density at radius 2 is 1.71 bits per heavy atom. The van der Waals surface area contributed by atoms with Crippen LogP contribution in [0, 0.1) is 13.8 Å². The molecule has 0 aliphatic rings. The van der Waals surface area contributed by atoms with Crippen LogP contribution in [0.4, 0.5) is 0 Å². The van der Waals surface area contributed by atoms with Gasteiger partial charge in [0.25, 0.3) is 0 Å². The van der Waals surface area contributed by atoms with Gasteiger partial charge in [-0.05, 0) is 61.7 Å². The van der Waals surface area contributed by atoms with Gasteiger partial charge >= 0.3 is 5.97 Å². The summed E-state index contributed by atoms with van der Waals surface area (Å²) in [5, 5.41) is 3.23. The first-order valence-electron chi connectivity index (χ1n) is 8.29. The molecule has 0 saturated carbocycles. The topological polar surface area (TPSA) is 47.6 Å². The minimum Gasteiger partial charge on any atom is -0.466 e. The van der Waals surface area contributed by atoms with Gasteiger partial charge in [0.05, 0.1) is 13.0 Å². The Balaban J connectivity index is 1.80. The fraction of sp³-hybridized carbons (Fsp3) is 0.350. The molecule has 2 aromatic carbocycles. The third kappa shape index (κ3) is 5.70. The summed E-state index contributed by atoms with van der Waals surface area (Å²) in [5.74, 6) is 1.49. The third-order valence-electron chi connectivity index (χ3n) is 3.78. The van der Waals surface area contributed by atoms with Gasteiger partial charge < -0.3 is 14.8 Å². The van der Waals surface area contributed by atoms with Crippen LogP contribution in [0.25, 0.3) is 0 Å². The van der Waals surface area contributed by atoms with Gasteiger partial charge in [0.2, 0.25) is 0 Å². The Hall–Kier alpha value is -2.33. The minimum atomic E-state index is -0.165. The third-order valence-corrected chi connectivity index (χ3v) is 3.78. The highest BCUT2D eigenvalue weighted by molar-refractivity contribution is 5.69. The second-order valence-corrected chi connectivity index (χ2v) is 5.72. The van der Waals surface area contributed by atoms with Crippen molar-refractivity contribution in [3.8, 4) is 11.5 Å². The molecule has 0 aliphatic heterocycles. The number of nitrogens with one attached hydrogen (secondary N) is 1. The van der Waals surface area contributed by atoms with Crippen molar-refractivity contribution in [3.63, 3.8) is 0 Å². The Bertz CT molecular complexity index is 665. The molecule has 0 fully saturated rings. The number of hydrogen-bond donors (Lipinski definition) is 1. The number of rotatable bonds is 8. The fourth-order valence-electron chi connectivity index (χ4n) is 2.25. The van der Waals surface area contributed by atoms with Gasteiger partial charge in [0.15, 0.2) is 0 Å². The molecular weight excluding hydrogens is 302 g/mol. The molecule has 0 spiro atoms. The molecule has 2 rings (SSSR count). The molecule has 24 heavy (non-hydrogen) atoms. The van der Waals surface area contributed by atoms with E-state index in [0.717, 1.165) is 17.1 Å². The van der Waals surface area contributed by atoms with Gasteiger partial charge in [-0.3, -0.25) is 4.79 Å². The summed E-state index contributed by atoms with van der Waals surface area (Å²) in [6.07, 6.45) is 0.391. The first-order chi connectivity index (χ1) is 11.6. The van der Waals surface area contributed by atoms with Crippen LogP contribution in [0.1, 0.15) is 30.0 Å². The zero-order valence-corrected chi connectivity index (χ0v) is 14.6. The van der Waals surface area contributed by atoms with Crippen molar-refractivity contribution in [2.75, 3.05) is 13.2 Å². The SMILES string of the molecule is CCOC(=O)CCNCc1ccc(Oc2ccc(C)c(C)c2)cc1. The summed E-state index contributed by atoms with van der Waals surface area (Å²) in [5.41, 5.74) is 3.62. The van der Waals surface area contributed by atoms with Crippen LogP contribution in [0.15, 0.2) is 42.5 Å². The number of benzene rings is 2. The molecule has 4 nitrogen and oxygen atoms in total. The maximum Gasteiger partial charge on any atom is 0.307 e. The Morgan fingerprint density at radius 3 is 2.38 bits per heavy atom. The average Bonchev–Trinajstić information content (AvgIpc) is 2.57. The lowest BCUT2D eigenvalue weighted by atomic mass is 10.1. The molecule has 4 heteroatoms. The lowest BCUT2D eigenvalue weighted by Gasteiger charge is -2.09. The van der Waals surface area contributed by atoms with Crippen molar-refractivity contribution in [1.82, 2.24) is 5.32 Å². The maximum atomic E-state index is 11.2. The number of aryl methyl sites for hydroxylation is 2. The van der Waals surface area contributed by atoms with Crippen molar-refractivity contribution in [2.45, 2.75) is 33.7 Å². The standard InChI is InChI=1S/C20H25NO3/c1-4-23-20(22)11-12-21-14-17-6-9-18(10-7-17)24-19-8-5-15(2)16(3)13-19/h5-10,13,21H,4,11-12,14H2,1-3H3. The van der Waals surface area contributed by atoms with E-state index in [9.17, 15) is 4.79 Å². The highest BCUT2D eigenvalue weighted by Crippen LogP contribution is 2.23. The molecule has 0 saturated heterocycles. The van der Waals surface area contributed by atoms with Crippen LogP contribution in [-0.2, 0) is 16.1 Å². The number of carbonyl (C=O) groups is 1. The summed E-state index contributed by atoms with van der Waals surface area (Å²) in [4.78, 5) is 11.2. The molecular formula is C20H25NO3. The molecule has 0 aromatic heterocycles. The molecule has 1 N–H and O–H groups in total. The summed E-state index contributed by atoms with van der Waals surface area (Å²) >= 11 is 0. The minimum absolute atomic E-state index is 0.165. The predicted octanol–water partition coefficient (Wildman–Crippen LogP) is 4.14. The maximum absolute atomic E-state index is 11.2. The number of hydrogen-bond acceptors (Lipinski definition) is 4. The van der Waals surface area contributed by atoms with Crippen molar-refractivity contribution in [1.29, 1.82) is 0 Å². The van der Waals surface area contributed by atoms with E-state index in [4.69, 9.17) is 9.47 Å². The summed E-state index contributed by atoms with van der Waals surface area (Å²) in [6.45, 7) is 7.73. The highest BCUT2D eigenvalue weighted by atomic mass is 16.5. The Labute approximate surface area is 143 Å². The molecule has 0 aliphatic carbocycles. The van der Waals surface area contributed by atoms with Gasteiger partial charge in [0, 0.05) is 13.1 Å². The second kappa shape index (κ2) is 9.08. The monoisotopic (exact) mass is 327 g/mol. The van der Waals surface area contributed by atoms with Crippen molar-refractivity contribution < 1.29 is 14.3 Å². The van der Waals surface area contributed by atoms with Crippen LogP contribution < -0.4 is 10.1 Å². The van der Waals surface area contributed by atoms with Gasteiger partial charge in [-0.15, -0.1) is 0 Å². The fourth-order valence-corrected chi connectivity index (χ4v) is 2.25. The van der Waals surface area contributed by atoms with Crippen LogP contribution in [-0.4, -0.2) is 19.1 Å². The van der Waals surface area contributed by atoms with Gasteiger partial charge in [-0.1, -0.05) is 18.2 Å². The Morgan fingerprint density at radius 1 is 1.00 bits per heavy atom. The highest BCUT2D eigenvalue weighted by Gasteiger charge is 2.02. The van der Waals surface area contributed by atoms with Gasteiger partial charge in [-0.25, -0.2) is 0 Å². The smallest absolute Gasteiger partial charge is 0.307 e. The molecule has 0 heterocycles. The molecule has 0 radical (unpaired) electrons. The lowest BCUT2D eigenvalue weighted by molar-refractivity contribution is -0.142. The molecule has 2 aromatic rings. The van der Waals surface area contributed by atoms with Gasteiger partial charge in [0.1, 0.15) is 11.5 Å². The van der Waals surface area contributed by atoms with Crippen LogP contribution in [0.2, 0.25) is 0 Å². The van der Waals surface area contributed by atoms with Gasteiger partial charge in [-0.2, -0.15) is 0 Å². The molecule has 0 bridgehead atoms. The summed E-state index contributed by atoms with van der Waals surface area (Å²) in [7, 11) is 0. The largest absolute Gasteiger partial charge is 0.466 e. The number of esters is 1. The number of carbonyl (C=O) groups excluding carboxylic acids is 1. The van der Waals surface area contributed by atoms with Crippen LogP contribution in [0.3, 0.4) is 0 Å². The first kappa shape index (κ1) is 18.0. The van der Waals surface area contributed by atoms with E-state index in [0.29, 0.717) is 26.1 Å². The average molecular weight is 327 g/mol. The van der Waals surface area contributed by atoms with E-state index in [2.05, 4.69) is 25.2 Å². The molecule has 128 valence electrons. The van der Waals surface area contributed by atoms with Crippen LogP contribution in [0.5, 0.6) is 11.5 Å². The van der Waals surface area contributed by atoms with E-state index in [1.807, 2.05) is 43.3 Å².